The molecule has 2 aliphatic rings. The monoisotopic (exact) mass is 457 g/mol. The Morgan fingerprint density at radius 3 is 2.62 bits per heavy atom. The molecule has 0 aromatic heterocycles. The van der Waals surface area contributed by atoms with E-state index in [0.29, 0.717) is 30.9 Å². The zero-order valence-corrected chi connectivity index (χ0v) is 19.2. The van der Waals surface area contributed by atoms with E-state index in [4.69, 9.17) is 9.47 Å². The molecule has 1 saturated heterocycles. The van der Waals surface area contributed by atoms with Crippen molar-refractivity contribution in [1.82, 2.24) is 15.1 Å². The number of carbonyl (C=O) groups excluding carboxylic acids is 2. The van der Waals surface area contributed by atoms with E-state index < -0.39 is 0 Å². The molecule has 2 heterocycles. The van der Waals surface area contributed by atoms with Gasteiger partial charge in [-0.05, 0) is 41.0 Å². The number of carbonyl (C=O) groups is 2. The van der Waals surface area contributed by atoms with Gasteiger partial charge in [-0.1, -0.05) is 48.5 Å². The standard InChI is InChI=1S/C27H27N3O4/c1-29-23-16-30(27(32)28-15-18-7-4-3-5-8-18)17-25(23)34-24-14-20(11-12-22(24)26(29)31)19-9-6-10-21(13-19)33-2/h3-14,23,25H,15-17H2,1-2H3,(H,28,32). The number of fused-ring (bicyclic) bond motifs is 2. The second-order valence-electron chi connectivity index (χ2n) is 8.63. The van der Waals surface area contributed by atoms with Crippen LogP contribution in [-0.4, -0.2) is 61.1 Å². The predicted octanol–water partition coefficient (Wildman–Crippen LogP) is 3.79. The summed E-state index contributed by atoms with van der Waals surface area (Å²) in [5.41, 5.74) is 3.47. The van der Waals surface area contributed by atoms with Gasteiger partial charge in [0.05, 0.1) is 25.3 Å². The Labute approximate surface area is 198 Å². The van der Waals surface area contributed by atoms with Gasteiger partial charge in [-0.15, -0.1) is 0 Å². The minimum atomic E-state index is -0.307. The number of amides is 3. The van der Waals surface area contributed by atoms with E-state index in [1.165, 1.54) is 0 Å². The van der Waals surface area contributed by atoms with Crippen LogP contribution in [0.2, 0.25) is 0 Å². The number of rotatable bonds is 4. The molecule has 0 radical (unpaired) electrons. The van der Waals surface area contributed by atoms with Crippen LogP contribution in [0.4, 0.5) is 4.79 Å². The highest BCUT2D eigenvalue weighted by molar-refractivity contribution is 5.98. The third kappa shape index (κ3) is 4.17. The number of likely N-dealkylation sites (N-methyl/N-ethyl adjacent to an activating group) is 1. The van der Waals surface area contributed by atoms with Crippen molar-refractivity contribution >= 4 is 11.9 Å². The predicted molar refractivity (Wildman–Crippen MR) is 129 cm³/mol. The topological polar surface area (TPSA) is 71.1 Å². The molecule has 0 spiro atoms. The van der Waals surface area contributed by atoms with Gasteiger partial charge in [0.1, 0.15) is 17.6 Å². The summed E-state index contributed by atoms with van der Waals surface area (Å²) < 4.78 is 11.7. The van der Waals surface area contributed by atoms with Crippen molar-refractivity contribution in [3.63, 3.8) is 0 Å². The average Bonchev–Trinajstić information content (AvgIpc) is 3.27. The molecule has 174 valence electrons. The molecule has 1 fully saturated rings. The van der Waals surface area contributed by atoms with Crippen molar-refractivity contribution in [3.05, 3.63) is 83.9 Å². The zero-order chi connectivity index (χ0) is 23.7. The molecule has 3 amide bonds. The Morgan fingerprint density at radius 2 is 1.82 bits per heavy atom. The first-order valence-electron chi connectivity index (χ1n) is 11.3. The number of benzene rings is 3. The van der Waals surface area contributed by atoms with Crippen molar-refractivity contribution < 1.29 is 19.1 Å². The van der Waals surface area contributed by atoms with Crippen molar-refractivity contribution in [2.24, 2.45) is 0 Å². The smallest absolute Gasteiger partial charge is 0.317 e. The number of hydrogen-bond acceptors (Lipinski definition) is 4. The lowest BCUT2D eigenvalue weighted by Crippen LogP contribution is -2.44. The van der Waals surface area contributed by atoms with E-state index in [-0.39, 0.29) is 24.1 Å². The maximum Gasteiger partial charge on any atom is 0.317 e. The lowest BCUT2D eigenvalue weighted by atomic mass is 10.0. The second kappa shape index (κ2) is 9.09. The van der Waals surface area contributed by atoms with E-state index in [9.17, 15) is 9.59 Å². The number of likely N-dealkylation sites (tertiary alicyclic amines) is 1. The summed E-state index contributed by atoms with van der Waals surface area (Å²) in [6.45, 7) is 1.28. The van der Waals surface area contributed by atoms with Gasteiger partial charge >= 0.3 is 6.03 Å². The summed E-state index contributed by atoms with van der Waals surface area (Å²) in [4.78, 5) is 29.5. The number of ether oxygens (including phenoxy) is 2. The summed E-state index contributed by atoms with van der Waals surface area (Å²) in [7, 11) is 3.41. The first-order valence-corrected chi connectivity index (χ1v) is 11.3. The number of nitrogens with one attached hydrogen (secondary N) is 1. The van der Waals surface area contributed by atoms with Gasteiger partial charge in [-0.3, -0.25) is 4.79 Å². The summed E-state index contributed by atoms with van der Waals surface area (Å²) in [5.74, 6) is 1.19. The third-order valence-electron chi connectivity index (χ3n) is 6.52. The van der Waals surface area contributed by atoms with Crippen LogP contribution < -0.4 is 14.8 Å². The second-order valence-corrected chi connectivity index (χ2v) is 8.63. The first-order chi connectivity index (χ1) is 16.5. The summed E-state index contributed by atoms with van der Waals surface area (Å²) in [6.07, 6.45) is -0.307. The maximum absolute atomic E-state index is 13.2. The van der Waals surface area contributed by atoms with Gasteiger partial charge < -0.3 is 24.6 Å². The fourth-order valence-electron chi connectivity index (χ4n) is 4.58. The molecule has 2 aliphatic heterocycles. The van der Waals surface area contributed by atoms with Gasteiger partial charge in [0.2, 0.25) is 0 Å². The molecule has 1 N–H and O–H groups in total. The largest absolute Gasteiger partial charge is 0.497 e. The van der Waals surface area contributed by atoms with Gasteiger partial charge in [0, 0.05) is 20.1 Å². The van der Waals surface area contributed by atoms with Crippen LogP contribution in [0.5, 0.6) is 11.5 Å². The van der Waals surface area contributed by atoms with Crippen molar-refractivity contribution in [2.75, 3.05) is 27.2 Å². The highest BCUT2D eigenvalue weighted by atomic mass is 16.5. The minimum Gasteiger partial charge on any atom is -0.497 e. The van der Waals surface area contributed by atoms with Crippen LogP contribution in [0.15, 0.2) is 72.8 Å². The van der Waals surface area contributed by atoms with Crippen molar-refractivity contribution in [1.29, 1.82) is 0 Å². The Hall–Kier alpha value is -4.00. The van der Waals surface area contributed by atoms with Crippen LogP contribution in [0.25, 0.3) is 11.1 Å². The van der Waals surface area contributed by atoms with Crippen LogP contribution in [0.3, 0.4) is 0 Å². The first kappa shape index (κ1) is 21.8. The average molecular weight is 458 g/mol. The molecule has 2 atom stereocenters. The Kier molecular flexibility index (Phi) is 5.84. The van der Waals surface area contributed by atoms with E-state index in [2.05, 4.69) is 5.32 Å². The van der Waals surface area contributed by atoms with E-state index >= 15 is 0 Å². The lowest BCUT2D eigenvalue weighted by Gasteiger charge is -2.25. The molecule has 34 heavy (non-hydrogen) atoms. The number of nitrogens with zero attached hydrogens (tertiary/aromatic N) is 2. The normalized spacial score (nSPS) is 19.1. The molecule has 5 rings (SSSR count). The highest BCUT2D eigenvalue weighted by Crippen LogP contribution is 2.35. The Morgan fingerprint density at radius 1 is 1.03 bits per heavy atom. The van der Waals surface area contributed by atoms with Crippen LogP contribution in [0.1, 0.15) is 15.9 Å². The van der Waals surface area contributed by atoms with E-state index in [1.54, 1.807) is 24.0 Å². The molecule has 7 heteroatoms. The fourth-order valence-corrected chi connectivity index (χ4v) is 4.58. The number of methoxy groups -OCH3 is 1. The summed E-state index contributed by atoms with van der Waals surface area (Å²) in [5, 5.41) is 2.97. The fraction of sp³-hybridized carbons (Fsp3) is 0.259. The molecule has 3 aromatic rings. The van der Waals surface area contributed by atoms with E-state index in [1.807, 2.05) is 72.8 Å². The molecule has 2 unspecified atom stereocenters. The third-order valence-corrected chi connectivity index (χ3v) is 6.52. The van der Waals surface area contributed by atoms with Crippen LogP contribution in [0, 0.1) is 0 Å². The van der Waals surface area contributed by atoms with Crippen LogP contribution >= 0.6 is 0 Å². The molecule has 0 bridgehead atoms. The van der Waals surface area contributed by atoms with Crippen LogP contribution in [-0.2, 0) is 6.54 Å². The molecule has 0 aliphatic carbocycles. The molecule has 0 saturated carbocycles. The molecule has 3 aromatic carbocycles. The number of hydrogen-bond donors (Lipinski definition) is 1. The Balaban J connectivity index is 1.35. The summed E-state index contributed by atoms with van der Waals surface area (Å²) in [6, 6.07) is 22.8. The van der Waals surface area contributed by atoms with Gasteiger partial charge in [0.25, 0.3) is 5.91 Å². The molecular weight excluding hydrogens is 430 g/mol. The zero-order valence-electron chi connectivity index (χ0n) is 19.2. The van der Waals surface area contributed by atoms with Gasteiger partial charge in [0.15, 0.2) is 0 Å². The minimum absolute atomic E-state index is 0.105. The van der Waals surface area contributed by atoms with Crippen molar-refractivity contribution in [2.45, 2.75) is 18.7 Å². The Bertz CT molecular complexity index is 1210. The summed E-state index contributed by atoms with van der Waals surface area (Å²) >= 11 is 0. The van der Waals surface area contributed by atoms with E-state index in [0.717, 1.165) is 22.4 Å². The van der Waals surface area contributed by atoms with Gasteiger partial charge in [-0.2, -0.15) is 0 Å². The maximum atomic E-state index is 13.2. The quantitative estimate of drug-likeness (QED) is 0.647. The SMILES string of the molecule is COc1cccc(-c2ccc3c(c2)OC2CN(C(=O)NCc4ccccc4)CC2N(C)C3=O)c1. The molecular formula is C27H27N3O4. The highest BCUT2D eigenvalue weighted by Gasteiger charge is 2.43. The van der Waals surface area contributed by atoms with Gasteiger partial charge in [-0.25, -0.2) is 4.79 Å². The lowest BCUT2D eigenvalue weighted by molar-refractivity contribution is 0.0682. The van der Waals surface area contributed by atoms with Crippen molar-refractivity contribution in [3.8, 4) is 22.6 Å². The number of urea groups is 1. The molecule has 7 nitrogen and oxygen atoms in total.